The average Bonchev–Trinajstić information content (AvgIpc) is 3.33. The fourth-order valence-electron chi connectivity index (χ4n) is 9.55. The van der Waals surface area contributed by atoms with Gasteiger partial charge in [-0.3, -0.25) is 14.4 Å². The second kappa shape index (κ2) is 54.7. The van der Waals surface area contributed by atoms with Crippen molar-refractivity contribution in [2.75, 3.05) is 13.2 Å². The van der Waals surface area contributed by atoms with E-state index in [4.69, 9.17) is 14.2 Å². The fraction of sp³-hybridized carbons (Fsp3) is 0.952. The van der Waals surface area contributed by atoms with Crippen molar-refractivity contribution in [2.24, 2.45) is 11.8 Å². The number of rotatable bonds is 56. The Hall–Kier alpha value is -1.59. The maximum Gasteiger partial charge on any atom is 0.306 e. The highest BCUT2D eigenvalue weighted by molar-refractivity contribution is 5.71. The zero-order chi connectivity index (χ0) is 49.6. The van der Waals surface area contributed by atoms with Gasteiger partial charge in [-0.15, -0.1) is 0 Å². The Morgan fingerprint density at radius 1 is 0.309 bits per heavy atom. The summed E-state index contributed by atoms with van der Waals surface area (Å²) in [5.41, 5.74) is 0. The van der Waals surface area contributed by atoms with Gasteiger partial charge in [-0.05, 0) is 31.1 Å². The summed E-state index contributed by atoms with van der Waals surface area (Å²) in [7, 11) is 0. The summed E-state index contributed by atoms with van der Waals surface area (Å²) >= 11 is 0. The molecule has 6 heteroatoms. The zero-order valence-electron chi connectivity index (χ0n) is 46.7. The third kappa shape index (κ3) is 53.8. The van der Waals surface area contributed by atoms with Crippen LogP contribution in [0.25, 0.3) is 0 Å². The minimum Gasteiger partial charge on any atom is -0.462 e. The fourth-order valence-corrected chi connectivity index (χ4v) is 9.55. The minimum absolute atomic E-state index is 0.0635. The van der Waals surface area contributed by atoms with Crippen LogP contribution >= 0.6 is 0 Å². The number of ether oxygens (including phenoxy) is 3. The molecule has 0 heterocycles. The van der Waals surface area contributed by atoms with Gasteiger partial charge in [0.15, 0.2) is 6.10 Å². The van der Waals surface area contributed by atoms with Crippen molar-refractivity contribution in [2.45, 2.75) is 355 Å². The normalized spacial score (nSPS) is 12.4. The predicted octanol–water partition coefficient (Wildman–Crippen LogP) is 20.4. The van der Waals surface area contributed by atoms with E-state index < -0.39 is 6.10 Å². The van der Waals surface area contributed by atoms with E-state index >= 15 is 0 Å². The zero-order valence-corrected chi connectivity index (χ0v) is 46.7. The van der Waals surface area contributed by atoms with Crippen LogP contribution in [0.3, 0.4) is 0 Å². The van der Waals surface area contributed by atoms with E-state index in [1.807, 2.05) is 0 Å². The van der Waals surface area contributed by atoms with Gasteiger partial charge in [0.05, 0.1) is 0 Å². The van der Waals surface area contributed by atoms with Gasteiger partial charge in [0, 0.05) is 19.3 Å². The molecule has 68 heavy (non-hydrogen) atoms. The molecule has 0 aromatic rings. The molecule has 0 aliphatic rings. The van der Waals surface area contributed by atoms with E-state index in [-0.39, 0.29) is 31.1 Å². The second-order valence-corrected chi connectivity index (χ2v) is 22.1. The number of esters is 3. The lowest BCUT2D eigenvalue weighted by atomic mass is 10.00. The SMILES string of the molecule is CCCCCCCCCCCCCCCCCCCCCC(=O)OC[C@H](COC(=O)CCCCCCCCCCCCCCCCCCCCC(C)C)OC(=O)CCCCCCCCC(C)CC. The number of unbranched alkanes of at least 4 members (excludes halogenated alkanes) is 40. The maximum absolute atomic E-state index is 12.8. The van der Waals surface area contributed by atoms with Crippen LogP contribution in [0.4, 0.5) is 0 Å². The minimum atomic E-state index is -0.764. The Morgan fingerprint density at radius 3 is 0.838 bits per heavy atom. The number of carbonyl (C=O) groups is 3. The van der Waals surface area contributed by atoms with Crippen molar-refractivity contribution in [1.29, 1.82) is 0 Å². The summed E-state index contributed by atoms with van der Waals surface area (Å²) in [6, 6.07) is 0. The lowest BCUT2D eigenvalue weighted by molar-refractivity contribution is -0.167. The molecule has 0 N–H and O–H groups in total. The van der Waals surface area contributed by atoms with Crippen molar-refractivity contribution in [3.8, 4) is 0 Å². The third-order valence-electron chi connectivity index (χ3n) is 14.6. The third-order valence-corrected chi connectivity index (χ3v) is 14.6. The molecule has 0 fully saturated rings. The standard InChI is InChI=1S/C62H120O6/c1-6-8-9-10-11-12-13-14-15-16-17-21-24-27-30-33-36-42-47-52-60(63)66-55-59(68-62(65)54-49-44-39-38-41-46-51-58(5)7-2)56-67-61(64)53-48-43-37-34-31-28-25-22-19-18-20-23-26-29-32-35-40-45-50-57(3)4/h57-59H,6-56H2,1-5H3/t58?,59-/m1/s1. The molecule has 1 unspecified atom stereocenters. The van der Waals surface area contributed by atoms with Gasteiger partial charge in [-0.1, -0.05) is 311 Å². The van der Waals surface area contributed by atoms with E-state index in [2.05, 4.69) is 34.6 Å². The first kappa shape index (κ1) is 66.4. The summed E-state index contributed by atoms with van der Waals surface area (Å²) < 4.78 is 16.9. The van der Waals surface area contributed by atoms with Crippen LogP contribution in [-0.2, 0) is 28.6 Å². The Kier molecular flexibility index (Phi) is 53.5. The Labute approximate surface area is 425 Å². The lowest BCUT2D eigenvalue weighted by Gasteiger charge is -2.18. The first-order valence-electron chi connectivity index (χ1n) is 30.8. The molecule has 0 aliphatic heterocycles. The van der Waals surface area contributed by atoms with E-state index in [1.54, 1.807) is 0 Å². The molecular weight excluding hydrogens is 841 g/mol. The number of hydrogen-bond acceptors (Lipinski definition) is 6. The largest absolute Gasteiger partial charge is 0.462 e. The first-order valence-corrected chi connectivity index (χ1v) is 30.8. The van der Waals surface area contributed by atoms with Crippen molar-refractivity contribution < 1.29 is 28.6 Å². The molecule has 0 amide bonds. The second-order valence-electron chi connectivity index (χ2n) is 22.1. The van der Waals surface area contributed by atoms with Gasteiger partial charge in [0.2, 0.25) is 0 Å². The van der Waals surface area contributed by atoms with Crippen LogP contribution in [0.2, 0.25) is 0 Å². The van der Waals surface area contributed by atoms with E-state index in [9.17, 15) is 14.4 Å². The van der Waals surface area contributed by atoms with Gasteiger partial charge >= 0.3 is 17.9 Å². The summed E-state index contributed by atoms with van der Waals surface area (Å²) in [5, 5.41) is 0. The van der Waals surface area contributed by atoms with Crippen LogP contribution in [0.5, 0.6) is 0 Å². The molecule has 6 nitrogen and oxygen atoms in total. The van der Waals surface area contributed by atoms with Crippen LogP contribution in [0.15, 0.2) is 0 Å². The quantitative estimate of drug-likeness (QED) is 0.0343. The summed E-state index contributed by atoms with van der Waals surface area (Å²) in [4.78, 5) is 38.2. The molecule has 0 rings (SSSR count). The van der Waals surface area contributed by atoms with Gasteiger partial charge < -0.3 is 14.2 Å². The molecule has 0 spiro atoms. The Bertz CT molecular complexity index is 1040. The summed E-state index contributed by atoms with van der Waals surface area (Å²) in [6.07, 6.45) is 59.7. The highest BCUT2D eigenvalue weighted by atomic mass is 16.6. The molecule has 2 atom stereocenters. The predicted molar refractivity (Wildman–Crippen MR) is 293 cm³/mol. The van der Waals surface area contributed by atoms with Gasteiger partial charge in [-0.2, -0.15) is 0 Å². The molecule has 0 bridgehead atoms. The molecule has 0 aromatic heterocycles. The summed E-state index contributed by atoms with van der Waals surface area (Å²) in [5.74, 6) is 0.828. The average molecular weight is 962 g/mol. The van der Waals surface area contributed by atoms with Gasteiger partial charge in [0.1, 0.15) is 13.2 Å². The van der Waals surface area contributed by atoms with Gasteiger partial charge in [0.25, 0.3) is 0 Å². The van der Waals surface area contributed by atoms with Crippen LogP contribution in [0, 0.1) is 11.8 Å². The van der Waals surface area contributed by atoms with Gasteiger partial charge in [-0.25, -0.2) is 0 Å². The Balaban J connectivity index is 4.17. The highest BCUT2D eigenvalue weighted by Gasteiger charge is 2.19. The van der Waals surface area contributed by atoms with Crippen molar-refractivity contribution in [3.63, 3.8) is 0 Å². The molecular formula is C62H120O6. The topological polar surface area (TPSA) is 78.9 Å². The molecule has 0 aromatic carbocycles. The van der Waals surface area contributed by atoms with Crippen molar-refractivity contribution in [1.82, 2.24) is 0 Å². The molecule has 0 radical (unpaired) electrons. The smallest absolute Gasteiger partial charge is 0.306 e. The molecule has 0 saturated carbocycles. The van der Waals surface area contributed by atoms with Crippen LogP contribution in [-0.4, -0.2) is 37.2 Å². The molecule has 0 aliphatic carbocycles. The highest BCUT2D eigenvalue weighted by Crippen LogP contribution is 2.19. The first-order chi connectivity index (χ1) is 33.3. The van der Waals surface area contributed by atoms with Crippen molar-refractivity contribution >= 4 is 17.9 Å². The number of carbonyl (C=O) groups excluding carboxylic acids is 3. The van der Waals surface area contributed by atoms with Crippen LogP contribution < -0.4 is 0 Å². The molecule has 0 saturated heterocycles. The monoisotopic (exact) mass is 961 g/mol. The molecule has 404 valence electrons. The van der Waals surface area contributed by atoms with E-state index in [0.717, 1.165) is 69.6 Å². The lowest BCUT2D eigenvalue weighted by Crippen LogP contribution is -2.30. The van der Waals surface area contributed by atoms with Crippen molar-refractivity contribution in [3.05, 3.63) is 0 Å². The number of hydrogen-bond donors (Lipinski definition) is 0. The maximum atomic E-state index is 12.8. The van der Waals surface area contributed by atoms with E-state index in [0.29, 0.717) is 19.3 Å². The summed E-state index contributed by atoms with van der Waals surface area (Å²) in [6.45, 7) is 11.4. The Morgan fingerprint density at radius 2 is 0.559 bits per heavy atom. The van der Waals surface area contributed by atoms with Crippen LogP contribution in [0.1, 0.15) is 349 Å². The van der Waals surface area contributed by atoms with E-state index in [1.165, 1.54) is 238 Å².